The minimum absolute atomic E-state index is 0.110. The summed E-state index contributed by atoms with van der Waals surface area (Å²) in [5.41, 5.74) is 16.2. The molecule has 1 fully saturated rings. The Morgan fingerprint density at radius 3 is 2.37 bits per heavy atom. The van der Waals surface area contributed by atoms with Crippen LogP contribution in [0.5, 0.6) is 0 Å². The summed E-state index contributed by atoms with van der Waals surface area (Å²) in [6.45, 7) is 0.635. The lowest BCUT2D eigenvalue weighted by molar-refractivity contribution is -0.141. The van der Waals surface area contributed by atoms with Crippen LogP contribution in [0.1, 0.15) is 56.1 Å². The van der Waals surface area contributed by atoms with Crippen molar-refractivity contribution in [2.45, 2.75) is 31.2 Å². The Balaban J connectivity index is 1.53. The molecule has 0 spiro atoms. The first-order chi connectivity index (χ1) is 20.4. The minimum Gasteiger partial charge on any atom is -0.366 e. The third kappa shape index (κ3) is 6.43. The van der Waals surface area contributed by atoms with E-state index in [-0.39, 0.29) is 23.5 Å². The van der Waals surface area contributed by atoms with E-state index in [4.69, 9.17) is 17.2 Å². The van der Waals surface area contributed by atoms with Crippen molar-refractivity contribution in [3.05, 3.63) is 112 Å². The average molecular weight is 596 g/mol. The number of amides is 2. The smallest absolute Gasteiger partial charge is 0.366 e. The lowest BCUT2D eigenvalue weighted by Crippen LogP contribution is -2.52. The second-order valence-corrected chi connectivity index (χ2v) is 10.4. The van der Waals surface area contributed by atoms with Gasteiger partial charge in [-0.15, -0.1) is 0 Å². The van der Waals surface area contributed by atoms with Crippen molar-refractivity contribution >= 4 is 17.5 Å². The predicted molar refractivity (Wildman–Crippen MR) is 151 cm³/mol. The maximum atomic E-state index is 15.1. The minimum atomic E-state index is -4.84. The molecule has 5 rings (SSSR count). The number of nitrogens with zero attached hydrogens (tertiary/aromatic N) is 2. The van der Waals surface area contributed by atoms with Gasteiger partial charge in [0.05, 0.1) is 11.4 Å². The molecule has 1 aromatic heterocycles. The van der Waals surface area contributed by atoms with Crippen molar-refractivity contribution in [2.24, 2.45) is 23.1 Å². The highest BCUT2D eigenvalue weighted by molar-refractivity contribution is 6.03. The first-order valence-electron chi connectivity index (χ1n) is 13.4. The fraction of sp³-hybridized carbons (Fsp3) is 0.233. The zero-order chi connectivity index (χ0) is 30.9. The first kappa shape index (κ1) is 29.9. The maximum absolute atomic E-state index is 15.1. The van der Waals surface area contributed by atoms with Gasteiger partial charge in [0.25, 0.3) is 5.91 Å². The Morgan fingerprint density at radius 1 is 0.977 bits per heavy atom. The molecule has 4 aromatic rings. The number of nitrogens with two attached hydrogens (primary N) is 3. The van der Waals surface area contributed by atoms with Crippen molar-refractivity contribution in [1.82, 2.24) is 15.1 Å². The Bertz CT molecular complexity index is 1680. The molecule has 1 aliphatic rings. The number of carbonyl (C=O) groups is 2. The molecular weight excluding hydrogens is 566 g/mol. The number of rotatable bonds is 10. The summed E-state index contributed by atoms with van der Waals surface area (Å²) in [6.07, 6.45) is -2.82. The lowest BCUT2D eigenvalue weighted by Gasteiger charge is -2.33. The van der Waals surface area contributed by atoms with Gasteiger partial charge in [0.15, 0.2) is 5.69 Å². The lowest BCUT2D eigenvalue weighted by atomic mass is 9.90. The molecule has 1 heterocycles. The van der Waals surface area contributed by atoms with E-state index < -0.39 is 40.9 Å². The van der Waals surface area contributed by atoms with Gasteiger partial charge in [-0.2, -0.15) is 18.3 Å². The topological polar surface area (TPSA) is 154 Å². The van der Waals surface area contributed by atoms with Crippen molar-refractivity contribution in [3.8, 4) is 5.69 Å². The summed E-state index contributed by atoms with van der Waals surface area (Å²) in [6, 6.07) is 17.0. The summed E-state index contributed by atoms with van der Waals surface area (Å²) >= 11 is 0. The molecule has 0 radical (unpaired) electrons. The van der Waals surface area contributed by atoms with Gasteiger partial charge in [0.1, 0.15) is 17.2 Å². The van der Waals surface area contributed by atoms with Gasteiger partial charge >= 0.3 is 6.18 Å². The molecule has 3 aromatic carbocycles. The van der Waals surface area contributed by atoms with Crippen LogP contribution in [0, 0.1) is 11.7 Å². The Labute approximate surface area is 244 Å². The number of nitrogens with one attached hydrogen (secondary N) is 2. The van der Waals surface area contributed by atoms with Crippen LogP contribution in [-0.2, 0) is 18.4 Å². The van der Waals surface area contributed by atoms with Crippen LogP contribution in [0.25, 0.3) is 5.69 Å². The molecule has 0 aliphatic heterocycles. The molecular formula is C30H29F4N7O2. The Morgan fingerprint density at radius 2 is 1.70 bits per heavy atom. The molecule has 2 amide bonds. The predicted octanol–water partition coefficient (Wildman–Crippen LogP) is 4.00. The second kappa shape index (κ2) is 11.6. The first-order valence-corrected chi connectivity index (χ1v) is 13.4. The summed E-state index contributed by atoms with van der Waals surface area (Å²) < 4.78 is 56.8. The largest absolute Gasteiger partial charge is 0.435 e. The van der Waals surface area contributed by atoms with E-state index >= 15 is 4.39 Å². The van der Waals surface area contributed by atoms with E-state index in [1.165, 1.54) is 36.4 Å². The molecule has 9 nitrogen and oxygen atoms in total. The Hall–Kier alpha value is -4.59. The number of halogens is 4. The van der Waals surface area contributed by atoms with Gasteiger partial charge in [-0.25, -0.2) is 9.07 Å². The van der Waals surface area contributed by atoms with Crippen molar-refractivity contribution in [2.75, 3.05) is 11.9 Å². The molecule has 224 valence electrons. The van der Waals surface area contributed by atoms with Gasteiger partial charge in [0, 0.05) is 24.7 Å². The van der Waals surface area contributed by atoms with E-state index in [0.29, 0.717) is 35.2 Å². The third-order valence-electron chi connectivity index (χ3n) is 7.26. The van der Waals surface area contributed by atoms with E-state index in [1.54, 1.807) is 24.3 Å². The fourth-order valence-corrected chi connectivity index (χ4v) is 4.66. The van der Waals surface area contributed by atoms with Crippen LogP contribution in [0.15, 0.2) is 72.8 Å². The average Bonchev–Trinajstić information content (AvgIpc) is 3.70. The summed E-state index contributed by atoms with van der Waals surface area (Å²) in [5, 5.41) is 9.27. The molecule has 1 unspecified atom stereocenters. The van der Waals surface area contributed by atoms with Crippen molar-refractivity contribution in [3.63, 3.8) is 0 Å². The van der Waals surface area contributed by atoms with Crippen LogP contribution in [0.2, 0.25) is 0 Å². The number of carbonyl (C=O) groups excluding carboxylic acids is 2. The number of hydrogen-bond acceptors (Lipinski definition) is 6. The third-order valence-corrected chi connectivity index (χ3v) is 7.26. The molecule has 13 heteroatoms. The quantitative estimate of drug-likeness (QED) is 0.138. The number of hydrogen-bond donors (Lipinski definition) is 5. The van der Waals surface area contributed by atoms with Crippen molar-refractivity contribution < 1.29 is 27.2 Å². The second-order valence-electron chi connectivity index (χ2n) is 10.4. The number of anilines is 1. The normalized spacial score (nSPS) is 14.7. The molecule has 43 heavy (non-hydrogen) atoms. The monoisotopic (exact) mass is 595 g/mol. The summed E-state index contributed by atoms with van der Waals surface area (Å²) in [7, 11) is 0. The van der Waals surface area contributed by atoms with Gasteiger partial charge in [-0.1, -0.05) is 30.3 Å². The van der Waals surface area contributed by atoms with Crippen LogP contribution in [0.3, 0.4) is 0 Å². The molecule has 1 atom stereocenters. The highest BCUT2D eigenvalue weighted by Crippen LogP contribution is 2.33. The van der Waals surface area contributed by atoms with E-state index in [2.05, 4.69) is 15.7 Å². The standard InChI is InChI=1S/C30H29F4N7O2/c31-23-10-9-21(29(37,38-16-17-7-8-17)20-5-2-4-19(12-20)27(36)42)13-24(23)39-28(43)25-14-26(30(32,33)34)40-41(25)22-6-1-3-18(11-22)15-35/h1-6,9-14,17,38H,7-8,15-16,35,37H2,(H2,36,42)(H,39,43). The molecule has 0 saturated heterocycles. The molecule has 0 bridgehead atoms. The Kier molecular flexibility index (Phi) is 8.06. The van der Waals surface area contributed by atoms with Gasteiger partial charge in [-0.05, 0) is 71.8 Å². The highest BCUT2D eigenvalue weighted by Gasteiger charge is 2.37. The molecule has 8 N–H and O–H groups in total. The van der Waals surface area contributed by atoms with Crippen LogP contribution in [-0.4, -0.2) is 28.1 Å². The van der Waals surface area contributed by atoms with Crippen LogP contribution < -0.4 is 27.8 Å². The van der Waals surface area contributed by atoms with Gasteiger partial charge in [0.2, 0.25) is 5.91 Å². The SMILES string of the molecule is NCc1cccc(-n2nc(C(F)(F)F)cc2C(=O)Nc2cc(C(N)(NCC3CC3)c3cccc(C(N)=O)c3)ccc2F)c1. The number of primary amides is 1. The summed E-state index contributed by atoms with van der Waals surface area (Å²) in [5.74, 6) is -2.16. The summed E-state index contributed by atoms with van der Waals surface area (Å²) in [4.78, 5) is 25.3. The van der Waals surface area contributed by atoms with Crippen molar-refractivity contribution in [1.29, 1.82) is 0 Å². The zero-order valence-electron chi connectivity index (χ0n) is 22.8. The fourth-order valence-electron chi connectivity index (χ4n) is 4.66. The zero-order valence-corrected chi connectivity index (χ0v) is 22.8. The molecule has 1 aliphatic carbocycles. The van der Waals surface area contributed by atoms with Crippen LogP contribution >= 0.6 is 0 Å². The van der Waals surface area contributed by atoms with E-state index in [0.717, 1.165) is 23.6 Å². The van der Waals surface area contributed by atoms with Gasteiger partial charge in [-0.3, -0.25) is 14.9 Å². The maximum Gasteiger partial charge on any atom is 0.435 e. The highest BCUT2D eigenvalue weighted by atomic mass is 19.4. The van der Waals surface area contributed by atoms with E-state index in [1.807, 2.05) is 0 Å². The number of aromatic nitrogens is 2. The number of benzene rings is 3. The van der Waals surface area contributed by atoms with Crippen LogP contribution in [0.4, 0.5) is 23.2 Å². The van der Waals surface area contributed by atoms with E-state index in [9.17, 15) is 22.8 Å². The van der Waals surface area contributed by atoms with Gasteiger partial charge < -0.3 is 22.5 Å². The molecule has 1 saturated carbocycles. The number of alkyl halides is 3.